The standard InChI is InChI=1S/C15H22N4O2/c1-12-4-3-5-14(8-12)21-10-13(20)9-16-7-6-15-17-11-19(2)18-15/h3-5,8,11,13,16,20H,6-7,9-10H2,1-2H3. The molecule has 0 aliphatic heterocycles. The van der Waals surface area contributed by atoms with Crippen LogP contribution in [-0.4, -0.2) is 45.7 Å². The van der Waals surface area contributed by atoms with Crippen LogP contribution >= 0.6 is 0 Å². The smallest absolute Gasteiger partial charge is 0.151 e. The summed E-state index contributed by atoms with van der Waals surface area (Å²) >= 11 is 0. The monoisotopic (exact) mass is 290 g/mol. The highest BCUT2D eigenvalue weighted by atomic mass is 16.5. The Bertz CT molecular complexity index is 556. The van der Waals surface area contributed by atoms with E-state index in [1.54, 1.807) is 11.0 Å². The molecule has 2 rings (SSSR count). The van der Waals surface area contributed by atoms with Gasteiger partial charge in [0.2, 0.25) is 0 Å². The first-order valence-electron chi connectivity index (χ1n) is 7.06. The van der Waals surface area contributed by atoms with Gasteiger partial charge in [0.15, 0.2) is 5.82 Å². The van der Waals surface area contributed by atoms with Gasteiger partial charge in [0.1, 0.15) is 24.8 Å². The van der Waals surface area contributed by atoms with Crippen molar-refractivity contribution in [2.75, 3.05) is 19.7 Å². The van der Waals surface area contributed by atoms with Crippen molar-refractivity contribution in [2.45, 2.75) is 19.4 Å². The zero-order chi connectivity index (χ0) is 15.1. The van der Waals surface area contributed by atoms with Crippen molar-refractivity contribution in [3.05, 3.63) is 42.0 Å². The van der Waals surface area contributed by atoms with Gasteiger partial charge in [-0.25, -0.2) is 4.98 Å². The molecule has 0 spiro atoms. The van der Waals surface area contributed by atoms with Gasteiger partial charge in [-0.05, 0) is 24.6 Å². The van der Waals surface area contributed by atoms with Crippen LogP contribution in [0.4, 0.5) is 0 Å². The molecule has 1 aromatic carbocycles. The Labute approximate surface area is 124 Å². The molecule has 0 fully saturated rings. The Morgan fingerprint density at radius 1 is 1.43 bits per heavy atom. The highest BCUT2D eigenvalue weighted by molar-refractivity contribution is 5.27. The summed E-state index contributed by atoms with van der Waals surface area (Å²) in [6.07, 6.45) is 1.88. The third-order valence-corrected chi connectivity index (χ3v) is 2.98. The van der Waals surface area contributed by atoms with E-state index >= 15 is 0 Å². The van der Waals surface area contributed by atoms with Crippen molar-refractivity contribution in [3.8, 4) is 5.75 Å². The highest BCUT2D eigenvalue weighted by Gasteiger charge is 2.05. The first-order chi connectivity index (χ1) is 10.1. The van der Waals surface area contributed by atoms with Gasteiger partial charge in [-0.15, -0.1) is 0 Å². The number of nitrogens with one attached hydrogen (secondary N) is 1. The van der Waals surface area contributed by atoms with Gasteiger partial charge < -0.3 is 15.2 Å². The number of hydrogen-bond acceptors (Lipinski definition) is 5. The lowest BCUT2D eigenvalue weighted by molar-refractivity contribution is 0.106. The zero-order valence-corrected chi connectivity index (χ0v) is 12.5. The summed E-state index contributed by atoms with van der Waals surface area (Å²) in [5, 5.41) is 17.2. The van der Waals surface area contributed by atoms with Crippen LogP contribution in [0.1, 0.15) is 11.4 Å². The van der Waals surface area contributed by atoms with E-state index in [2.05, 4.69) is 15.4 Å². The second kappa shape index (κ2) is 7.75. The van der Waals surface area contributed by atoms with Crippen LogP contribution < -0.4 is 10.1 Å². The second-order valence-corrected chi connectivity index (χ2v) is 5.07. The average molecular weight is 290 g/mol. The Kier molecular flexibility index (Phi) is 5.71. The largest absolute Gasteiger partial charge is 0.491 e. The summed E-state index contributed by atoms with van der Waals surface area (Å²) in [4.78, 5) is 4.14. The number of aromatic nitrogens is 3. The highest BCUT2D eigenvalue weighted by Crippen LogP contribution is 2.12. The number of benzene rings is 1. The van der Waals surface area contributed by atoms with Crippen molar-refractivity contribution in [2.24, 2.45) is 7.05 Å². The number of aryl methyl sites for hydroxylation is 2. The molecule has 0 saturated carbocycles. The lowest BCUT2D eigenvalue weighted by Gasteiger charge is -2.13. The fourth-order valence-electron chi connectivity index (χ4n) is 1.92. The summed E-state index contributed by atoms with van der Waals surface area (Å²) in [5.41, 5.74) is 1.14. The summed E-state index contributed by atoms with van der Waals surface area (Å²) in [5.74, 6) is 1.59. The molecule has 0 bridgehead atoms. The van der Waals surface area contributed by atoms with Crippen LogP contribution in [0, 0.1) is 6.92 Å². The van der Waals surface area contributed by atoms with E-state index in [4.69, 9.17) is 4.74 Å². The molecule has 0 aliphatic carbocycles. The Morgan fingerprint density at radius 2 is 2.29 bits per heavy atom. The van der Waals surface area contributed by atoms with Gasteiger partial charge in [0.25, 0.3) is 0 Å². The minimum atomic E-state index is -0.540. The molecule has 2 N–H and O–H groups in total. The van der Waals surface area contributed by atoms with Gasteiger partial charge in [0, 0.05) is 26.6 Å². The Balaban J connectivity index is 1.60. The Hall–Kier alpha value is -1.92. The predicted octanol–water partition coefficient (Wildman–Crippen LogP) is 0.696. The van der Waals surface area contributed by atoms with Crippen LogP contribution in [0.25, 0.3) is 0 Å². The molecule has 0 aliphatic rings. The molecule has 1 aromatic heterocycles. The van der Waals surface area contributed by atoms with Crippen LogP contribution in [0.5, 0.6) is 5.75 Å². The normalized spacial score (nSPS) is 12.3. The number of aliphatic hydroxyl groups excluding tert-OH is 1. The first kappa shape index (κ1) is 15.5. The van der Waals surface area contributed by atoms with E-state index in [-0.39, 0.29) is 6.61 Å². The maximum atomic E-state index is 9.86. The number of aliphatic hydroxyl groups is 1. The van der Waals surface area contributed by atoms with Gasteiger partial charge >= 0.3 is 0 Å². The van der Waals surface area contributed by atoms with Crippen LogP contribution in [0.3, 0.4) is 0 Å². The minimum absolute atomic E-state index is 0.276. The van der Waals surface area contributed by atoms with Crippen molar-refractivity contribution >= 4 is 0 Å². The van der Waals surface area contributed by atoms with E-state index in [1.165, 1.54) is 0 Å². The first-order valence-corrected chi connectivity index (χ1v) is 7.06. The maximum Gasteiger partial charge on any atom is 0.151 e. The lowest BCUT2D eigenvalue weighted by Crippen LogP contribution is -2.32. The van der Waals surface area contributed by atoms with Gasteiger partial charge in [-0.1, -0.05) is 12.1 Å². The maximum absolute atomic E-state index is 9.86. The van der Waals surface area contributed by atoms with E-state index < -0.39 is 6.10 Å². The quantitative estimate of drug-likeness (QED) is 0.700. The molecule has 1 atom stereocenters. The lowest BCUT2D eigenvalue weighted by atomic mass is 10.2. The van der Waals surface area contributed by atoms with E-state index in [9.17, 15) is 5.11 Å². The molecular formula is C15H22N4O2. The van der Waals surface area contributed by atoms with E-state index in [0.29, 0.717) is 6.54 Å². The molecule has 2 aromatic rings. The number of hydrogen-bond donors (Lipinski definition) is 2. The molecule has 0 saturated heterocycles. The molecule has 0 amide bonds. The molecular weight excluding hydrogens is 268 g/mol. The molecule has 0 radical (unpaired) electrons. The third-order valence-electron chi connectivity index (χ3n) is 2.98. The number of nitrogens with zero attached hydrogens (tertiary/aromatic N) is 3. The summed E-state index contributed by atoms with van der Waals surface area (Å²) in [6, 6.07) is 7.79. The fourth-order valence-corrected chi connectivity index (χ4v) is 1.92. The Morgan fingerprint density at radius 3 is 3.00 bits per heavy atom. The van der Waals surface area contributed by atoms with Crippen LogP contribution in [-0.2, 0) is 13.5 Å². The summed E-state index contributed by atoms with van der Waals surface area (Å²) < 4.78 is 7.23. The molecule has 1 heterocycles. The molecule has 1 unspecified atom stereocenters. The third kappa shape index (κ3) is 5.53. The van der Waals surface area contributed by atoms with Gasteiger partial charge in [-0.2, -0.15) is 5.10 Å². The minimum Gasteiger partial charge on any atom is -0.491 e. The van der Waals surface area contributed by atoms with Crippen molar-refractivity contribution in [1.29, 1.82) is 0 Å². The number of ether oxygens (including phenoxy) is 1. The molecule has 21 heavy (non-hydrogen) atoms. The van der Waals surface area contributed by atoms with Crippen LogP contribution in [0.15, 0.2) is 30.6 Å². The fraction of sp³-hybridized carbons (Fsp3) is 0.467. The SMILES string of the molecule is Cc1cccc(OCC(O)CNCCc2ncn(C)n2)c1. The van der Waals surface area contributed by atoms with E-state index in [1.807, 2.05) is 38.2 Å². The summed E-state index contributed by atoms with van der Waals surface area (Å²) in [7, 11) is 1.84. The van der Waals surface area contributed by atoms with Gasteiger partial charge in [-0.3, -0.25) is 4.68 Å². The average Bonchev–Trinajstić information content (AvgIpc) is 2.87. The van der Waals surface area contributed by atoms with Crippen molar-refractivity contribution in [1.82, 2.24) is 20.1 Å². The predicted molar refractivity (Wildman–Crippen MR) is 80.3 cm³/mol. The topological polar surface area (TPSA) is 72.2 Å². The molecule has 114 valence electrons. The van der Waals surface area contributed by atoms with Crippen molar-refractivity contribution < 1.29 is 9.84 Å². The van der Waals surface area contributed by atoms with Crippen LogP contribution in [0.2, 0.25) is 0 Å². The molecule has 6 nitrogen and oxygen atoms in total. The second-order valence-electron chi connectivity index (χ2n) is 5.07. The van der Waals surface area contributed by atoms with E-state index in [0.717, 1.165) is 30.1 Å². The summed E-state index contributed by atoms with van der Waals surface area (Å²) in [6.45, 7) is 3.50. The number of rotatable bonds is 8. The molecule has 6 heteroatoms. The van der Waals surface area contributed by atoms with Gasteiger partial charge in [0.05, 0.1) is 0 Å². The zero-order valence-electron chi connectivity index (χ0n) is 12.5. The van der Waals surface area contributed by atoms with Crippen molar-refractivity contribution in [3.63, 3.8) is 0 Å².